The zero-order chi connectivity index (χ0) is 12.3. The SMILES string of the molecule is Cn1ccnc1C(O)C1CCN(CC#N)CC1. The first-order chi connectivity index (χ1) is 8.22. The molecule has 92 valence electrons. The second-order valence-electron chi connectivity index (χ2n) is 4.61. The van der Waals surface area contributed by atoms with Gasteiger partial charge in [-0.05, 0) is 31.8 Å². The lowest BCUT2D eigenvalue weighted by Gasteiger charge is -2.32. The zero-order valence-corrected chi connectivity index (χ0v) is 10.1. The van der Waals surface area contributed by atoms with Gasteiger partial charge >= 0.3 is 0 Å². The van der Waals surface area contributed by atoms with E-state index in [4.69, 9.17) is 5.26 Å². The lowest BCUT2D eigenvalue weighted by Crippen LogP contribution is -2.36. The summed E-state index contributed by atoms with van der Waals surface area (Å²) in [5.74, 6) is 0.995. The lowest BCUT2D eigenvalue weighted by atomic mass is 9.91. The van der Waals surface area contributed by atoms with Crippen LogP contribution in [-0.4, -0.2) is 39.2 Å². The Kier molecular flexibility index (Phi) is 3.77. The van der Waals surface area contributed by atoms with Crippen molar-refractivity contribution in [2.75, 3.05) is 19.6 Å². The number of likely N-dealkylation sites (tertiary alicyclic amines) is 1. The van der Waals surface area contributed by atoms with Gasteiger partial charge in [-0.15, -0.1) is 0 Å². The Hall–Kier alpha value is -1.38. The Balaban J connectivity index is 1.93. The average molecular weight is 234 g/mol. The van der Waals surface area contributed by atoms with Crippen LogP contribution in [0.15, 0.2) is 12.4 Å². The Labute approximate surface area is 101 Å². The number of aliphatic hydroxyl groups excluding tert-OH is 1. The van der Waals surface area contributed by atoms with Crippen molar-refractivity contribution in [1.82, 2.24) is 14.5 Å². The van der Waals surface area contributed by atoms with Gasteiger partial charge in [0.2, 0.25) is 0 Å². The van der Waals surface area contributed by atoms with Crippen molar-refractivity contribution in [2.45, 2.75) is 18.9 Å². The van der Waals surface area contributed by atoms with E-state index in [1.807, 2.05) is 17.8 Å². The van der Waals surface area contributed by atoms with Gasteiger partial charge in [0.1, 0.15) is 11.9 Å². The molecule has 0 bridgehead atoms. The minimum atomic E-state index is -0.487. The molecule has 5 heteroatoms. The van der Waals surface area contributed by atoms with Crippen molar-refractivity contribution in [3.63, 3.8) is 0 Å². The second kappa shape index (κ2) is 5.30. The summed E-state index contributed by atoms with van der Waals surface area (Å²) in [4.78, 5) is 6.32. The topological polar surface area (TPSA) is 65.1 Å². The molecule has 1 aliphatic heterocycles. The maximum atomic E-state index is 10.3. The monoisotopic (exact) mass is 234 g/mol. The van der Waals surface area contributed by atoms with E-state index >= 15 is 0 Å². The highest BCUT2D eigenvalue weighted by Gasteiger charge is 2.28. The number of imidazole rings is 1. The standard InChI is InChI=1S/C12H18N4O/c1-15-9-5-14-12(15)11(17)10-2-6-16(7-3-10)8-4-13/h5,9-11,17H,2-3,6-8H2,1H3. The summed E-state index contributed by atoms with van der Waals surface area (Å²) in [6, 6.07) is 2.17. The van der Waals surface area contributed by atoms with Crippen LogP contribution < -0.4 is 0 Å². The first kappa shape index (κ1) is 12.1. The quantitative estimate of drug-likeness (QED) is 0.781. The van der Waals surface area contributed by atoms with Gasteiger partial charge in [-0.3, -0.25) is 4.90 Å². The number of hydrogen-bond donors (Lipinski definition) is 1. The van der Waals surface area contributed by atoms with Gasteiger partial charge in [0, 0.05) is 19.4 Å². The molecule has 0 spiro atoms. The number of aryl methyl sites for hydroxylation is 1. The van der Waals surface area contributed by atoms with E-state index in [0.717, 1.165) is 31.8 Å². The molecule has 17 heavy (non-hydrogen) atoms. The third-order valence-corrected chi connectivity index (χ3v) is 3.50. The largest absolute Gasteiger partial charge is 0.385 e. The fourth-order valence-electron chi connectivity index (χ4n) is 2.40. The van der Waals surface area contributed by atoms with E-state index in [-0.39, 0.29) is 5.92 Å². The summed E-state index contributed by atoms with van der Waals surface area (Å²) in [6.07, 6.45) is 4.93. The maximum absolute atomic E-state index is 10.3. The molecular formula is C12H18N4O. The minimum Gasteiger partial charge on any atom is -0.385 e. The summed E-state index contributed by atoms with van der Waals surface area (Å²) in [7, 11) is 1.90. The van der Waals surface area contributed by atoms with E-state index in [9.17, 15) is 5.11 Å². The number of aliphatic hydroxyl groups is 1. The normalized spacial score (nSPS) is 20.1. The highest BCUT2D eigenvalue weighted by Crippen LogP contribution is 2.29. The van der Waals surface area contributed by atoms with Crippen molar-refractivity contribution >= 4 is 0 Å². The Morgan fingerprint density at radius 1 is 1.59 bits per heavy atom. The predicted octanol–water partition coefficient (Wildman–Crippen LogP) is 0.689. The van der Waals surface area contributed by atoms with Crippen LogP contribution >= 0.6 is 0 Å². The average Bonchev–Trinajstić information content (AvgIpc) is 2.76. The third kappa shape index (κ3) is 2.65. The molecule has 2 rings (SSSR count). The van der Waals surface area contributed by atoms with Gasteiger partial charge in [-0.25, -0.2) is 4.98 Å². The number of piperidine rings is 1. The molecule has 0 aliphatic carbocycles. The second-order valence-corrected chi connectivity index (χ2v) is 4.61. The summed E-state index contributed by atoms with van der Waals surface area (Å²) >= 11 is 0. The van der Waals surface area contributed by atoms with Crippen LogP contribution in [-0.2, 0) is 7.05 Å². The van der Waals surface area contributed by atoms with Crippen LogP contribution in [0.3, 0.4) is 0 Å². The van der Waals surface area contributed by atoms with E-state index in [1.54, 1.807) is 6.20 Å². The third-order valence-electron chi connectivity index (χ3n) is 3.50. The van der Waals surface area contributed by atoms with Gasteiger partial charge in [-0.2, -0.15) is 5.26 Å². The van der Waals surface area contributed by atoms with Crippen LogP contribution in [0.1, 0.15) is 24.8 Å². The molecule has 5 nitrogen and oxygen atoms in total. The molecule has 0 aromatic carbocycles. The molecule has 0 amide bonds. The number of aromatic nitrogens is 2. The summed E-state index contributed by atoms with van der Waals surface area (Å²) < 4.78 is 1.87. The molecule has 1 unspecified atom stereocenters. The molecule has 0 saturated carbocycles. The molecule has 1 atom stereocenters. The van der Waals surface area contributed by atoms with E-state index in [2.05, 4.69) is 16.0 Å². The molecular weight excluding hydrogens is 216 g/mol. The van der Waals surface area contributed by atoms with Crippen molar-refractivity contribution in [3.05, 3.63) is 18.2 Å². The number of nitrogens with zero attached hydrogens (tertiary/aromatic N) is 4. The van der Waals surface area contributed by atoms with Crippen molar-refractivity contribution in [2.24, 2.45) is 13.0 Å². The number of nitriles is 1. The Bertz CT molecular complexity index is 401. The van der Waals surface area contributed by atoms with Gasteiger partial charge < -0.3 is 9.67 Å². The van der Waals surface area contributed by atoms with E-state index in [0.29, 0.717) is 6.54 Å². The smallest absolute Gasteiger partial charge is 0.137 e. The molecule has 1 aliphatic rings. The first-order valence-corrected chi connectivity index (χ1v) is 5.97. The number of hydrogen-bond acceptors (Lipinski definition) is 4. The summed E-state index contributed by atoms with van der Waals surface area (Å²) in [5.41, 5.74) is 0. The Morgan fingerprint density at radius 2 is 2.29 bits per heavy atom. The predicted molar refractivity (Wildman–Crippen MR) is 62.9 cm³/mol. The first-order valence-electron chi connectivity index (χ1n) is 5.97. The van der Waals surface area contributed by atoms with Crippen LogP contribution in [0, 0.1) is 17.2 Å². The molecule has 2 heterocycles. The van der Waals surface area contributed by atoms with Gasteiger partial charge in [0.15, 0.2) is 0 Å². The molecule has 1 fully saturated rings. The van der Waals surface area contributed by atoms with E-state index < -0.39 is 6.10 Å². The fourth-order valence-corrected chi connectivity index (χ4v) is 2.40. The molecule has 0 radical (unpaired) electrons. The van der Waals surface area contributed by atoms with Gasteiger partial charge in [-0.1, -0.05) is 0 Å². The molecule has 1 N–H and O–H groups in total. The zero-order valence-electron chi connectivity index (χ0n) is 10.1. The molecule has 1 aromatic heterocycles. The lowest BCUT2D eigenvalue weighted by molar-refractivity contribution is 0.0544. The highest BCUT2D eigenvalue weighted by atomic mass is 16.3. The van der Waals surface area contributed by atoms with Gasteiger partial charge in [0.25, 0.3) is 0 Å². The van der Waals surface area contributed by atoms with Gasteiger partial charge in [0.05, 0.1) is 12.6 Å². The van der Waals surface area contributed by atoms with Crippen molar-refractivity contribution in [3.8, 4) is 6.07 Å². The molecule has 1 saturated heterocycles. The minimum absolute atomic E-state index is 0.256. The maximum Gasteiger partial charge on any atom is 0.137 e. The molecule has 1 aromatic rings. The van der Waals surface area contributed by atoms with Crippen LogP contribution in [0.25, 0.3) is 0 Å². The van der Waals surface area contributed by atoms with Crippen LogP contribution in [0.5, 0.6) is 0 Å². The summed E-state index contributed by atoms with van der Waals surface area (Å²) in [5, 5.41) is 18.9. The van der Waals surface area contributed by atoms with Crippen molar-refractivity contribution < 1.29 is 5.11 Å². The number of rotatable bonds is 3. The van der Waals surface area contributed by atoms with Crippen LogP contribution in [0.2, 0.25) is 0 Å². The summed E-state index contributed by atoms with van der Waals surface area (Å²) in [6.45, 7) is 2.27. The highest BCUT2D eigenvalue weighted by molar-refractivity contribution is 4.98. The fraction of sp³-hybridized carbons (Fsp3) is 0.667. The van der Waals surface area contributed by atoms with E-state index in [1.165, 1.54) is 0 Å². The van der Waals surface area contributed by atoms with Crippen LogP contribution in [0.4, 0.5) is 0 Å². The Morgan fingerprint density at radius 3 is 2.82 bits per heavy atom. The van der Waals surface area contributed by atoms with Crippen molar-refractivity contribution in [1.29, 1.82) is 5.26 Å².